The largest absolute Gasteiger partial charge is 0.332 e. The summed E-state index contributed by atoms with van der Waals surface area (Å²) >= 11 is 16.9. The Hall–Kier alpha value is -1.71. The van der Waals surface area contributed by atoms with Crippen LogP contribution < -0.4 is 10.6 Å². The normalized spacial score (nSPS) is 11.3. The number of halogens is 2. The van der Waals surface area contributed by atoms with Gasteiger partial charge in [0.1, 0.15) is 0 Å². The van der Waals surface area contributed by atoms with E-state index in [-0.39, 0.29) is 20.6 Å². The van der Waals surface area contributed by atoms with E-state index in [0.717, 1.165) is 4.31 Å². The van der Waals surface area contributed by atoms with Crippen LogP contribution >= 0.6 is 35.4 Å². The van der Waals surface area contributed by atoms with E-state index in [1.54, 1.807) is 18.2 Å². The number of benzene rings is 2. The van der Waals surface area contributed by atoms with Gasteiger partial charge in [-0.25, -0.2) is 12.7 Å². The van der Waals surface area contributed by atoms with Crippen molar-refractivity contribution in [1.29, 1.82) is 0 Å². The summed E-state index contributed by atoms with van der Waals surface area (Å²) in [4.78, 5) is 12.3. The molecule has 1 amide bonds. The van der Waals surface area contributed by atoms with Gasteiger partial charge in [0, 0.05) is 24.8 Å². The van der Waals surface area contributed by atoms with Gasteiger partial charge in [-0.15, -0.1) is 0 Å². The molecule has 2 rings (SSSR count). The lowest BCUT2D eigenvalue weighted by molar-refractivity contribution is 0.0978. The molecule has 2 N–H and O–H groups in total. The maximum absolute atomic E-state index is 12.2. The Balaban J connectivity index is 2.05. The lowest BCUT2D eigenvalue weighted by atomic mass is 10.2. The van der Waals surface area contributed by atoms with Crippen LogP contribution in [-0.2, 0) is 10.0 Å². The zero-order valence-corrected chi connectivity index (χ0v) is 16.9. The molecular formula is C16H15Cl2N3O3S2. The standard InChI is InChI=1S/C16H15Cl2N3O3S2/c1-21(2)26(23,24)12-6-4-11(5-7-12)19-16(25)20-15(22)13-8-3-10(17)9-14(13)18/h3-9H,1-2H3,(H2,19,20,22,25). The molecule has 0 radical (unpaired) electrons. The average Bonchev–Trinajstić information content (AvgIpc) is 2.54. The summed E-state index contributed by atoms with van der Waals surface area (Å²) in [6, 6.07) is 10.5. The number of hydrogen-bond donors (Lipinski definition) is 2. The molecule has 0 unspecified atom stereocenters. The third-order valence-corrected chi connectivity index (χ3v) is 5.87. The minimum atomic E-state index is -3.51. The SMILES string of the molecule is CN(C)S(=O)(=O)c1ccc(NC(=S)NC(=O)c2ccc(Cl)cc2Cl)cc1. The number of hydrogen-bond acceptors (Lipinski definition) is 4. The topological polar surface area (TPSA) is 78.5 Å². The Bertz CT molecular complexity index is 946. The van der Waals surface area contributed by atoms with Gasteiger partial charge in [-0.3, -0.25) is 10.1 Å². The van der Waals surface area contributed by atoms with Gasteiger partial charge in [0.2, 0.25) is 10.0 Å². The highest BCUT2D eigenvalue weighted by Gasteiger charge is 2.17. The van der Waals surface area contributed by atoms with Crippen LogP contribution in [0.2, 0.25) is 10.0 Å². The molecule has 138 valence electrons. The minimum Gasteiger partial charge on any atom is -0.332 e. The molecule has 0 aromatic heterocycles. The van der Waals surface area contributed by atoms with Gasteiger partial charge in [0.15, 0.2) is 5.11 Å². The van der Waals surface area contributed by atoms with Gasteiger partial charge in [-0.1, -0.05) is 23.2 Å². The summed E-state index contributed by atoms with van der Waals surface area (Å²) in [5.74, 6) is -0.490. The molecule has 0 aliphatic rings. The first-order valence-corrected chi connectivity index (χ1v) is 9.81. The maximum atomic E-state index is 12.2. The fourth-order valence-corrected chi connectivity index (χ4v) is 3.53. The number of nitrogens with zero attached hydrogens (tertiary/aromatic N) is 1. The number of carbonyl (C=O) groups is 1. The Kier molecular flexibility index (Phi) is 6.59. The van der Waals surface area contributed by atoms with Gasteiger partial charge in [-0.05, 0) is 54.7 Å². The number of sulfonamides is 1. The molecule has 0 bridgehead atoms. The van der Waals surface area contributed by atoms with E-state index in [1.807, 2.05) is 0 Å². The predicted octanol–water partition coefficient (Wildman–Crippen LogP) is 3.37. The summed E-state index contributed by atoms with van der Waals surface area (Å²) in [6.07, 6.45) is 0. The van der Waals surface area contributed by atoms with Crippen LogP contribution in [0.25, 0.3) is 0 Å². The van der Waals surface area contributed by atoms with Crippen LogP contribution in [0.1, 0.15) is 10.4 Å². The van der Waals surface area contributed by atoms with Gasteiger partial charge in [-0.2, -0.15) is 0 Å². The third-order valence-electron chi connectivity index (χ3n) is 3.29. The van der Waals surface area contributed by atoms with E-state index in [9.17, 15) is 13.2 Å². The van der Waals surface area contributed by atoms with Crippen molar-refractivity contribution in [2.45, 2.75) is 4.90 Å². The number of thiocarbonyl (C=S) groups is 1. The molecule has 0 saturated heterocycles. The van der Waals surface area contributed by atoms with Crippen molar-refractivity contribution in [2.75, 3.05) is 19.4 Å². The van der Waals surface area contributed by atoms with Crippen LogP contribution in [0.4, 0.5) is 5.69 Å². The highest BCUT2D eigenvalue weighted by Crippen LogP contribution is 2.21. The zero-order valence-electron chi connectivity index (χ0n) is 13.8. The summed E-state index contributed by atoms with van der Waals surface area (Å²) in [5, 5.41) is 5.97. The van der Waals surface area contributed by atoms with Crippen molar-refractivity contribution in [3.8, 4) is 0 Å². The Morgan fingerprint density at radius 3 is 2.23 bits per heavy atom. The molecular weight excluding hydrogens is 417 g/mol. The molecule has 0 spiro atoms. The van der Waals surface area contributed by atoms with Crippen LogP contribution in [0.5, 0.6) is 0 Å². The molecule has 0 atom stereocenters. The van der Waals surface area contributed by atoms with Gasteiger partial charge in [0.05, 0.1) is 15.5 Å². The third kappa shape index (κ3) is 4.93. The van der Waals surface area contributed by atoms with Gasteiger partial charge in [0.25, 0.3) is 5.91 Å². The Morgan fingerprint density at radius 2 is 1.69 bits per heavy atom. The Morgan fingerprint density at radius 1 is 1.08 bits per heavy atom. The first kappa shape index (κ1) is 20.6. The molecule has 2 aromatic carbocycles. The van der Waals surface area contributed by atoms with Gasteiger partial charge < -0.3 is 5.32 Å². The van der Waals surface area contributed by atoms with Crippen LogP contribution in [0.15, 0.2) is 47.4 Å². The highest BCUT2D eigenvalue weighted by atomic mass is 35.5. The second-order valence-electron chi connectivity index (χ2n) is 5.34. The number of carbonyl (C=O) groups excluding carboxylic acids is 1. The van der Waals surface area contributed by atoms with Crippen molar-refractivity contribution >= 4 is 62.2 Å². The van der Waals surface area contributed by atoms with Crippen molar-refractivity contribution < 1.29 is 13.2 Å². The quantitative estimate of drug-likeness (QED) is 0.725. The summed E-state index contributed by atoms with van der Waals surface area (Å²) in [7, 11) is -0.603. The maximum Gasteiger partial charge on any atom is 0.258 e. The summed E-state index contributed by atoms with van der Waals surface area (Å²) in [5.41, 5.74) is 0.753. The van der Waals surface area contributed by atoms with Crippen molar-refractivity contribution in [3.63, 3.8) is 0 Å². The lowest BCUT2D eigenvalue weighted by Crippen LogP contribution is -2.34. The highest BCUT2D eigenvalue weighted by molar-refractivity contribution is 7.89. The van der Waals surface area contributed by atoms with Crippen LogP contribution in [0, 0.1) is 0 Å². The smallest absolute Gasteiger partial charge is 0.258 e. The average molecular weight is 432 g/mol. The molecule has 0 saturated carbocycles. The second-order valence-corrected chi connectivity index (χ2v) is 8.75. The molecule has 2 aromatic rings. The fraction of sp³-hybridized carbons (Fsp3) is 0.125. The zero-order chi connectivity index (χ0) is 19.5. The predicted molar refractivity (Wildman–Crippen MR) is 107 cm³/mol. The van der Waals surface area contributed by atoms with E-state index < -0.39 is 15.9 Å². The van der Waals surface area contributed by atoms with E-state index in [1.165, 1.54) is 38.4 Å². The van der Waals surface area contributed by atoms with E-state index in [2.05, 4.69) is 10.6 Å². The molecule has 0 fully saturated rings. The number of nitrogens with one attached hydrogen (secondary N) is 2. The molecule has 26 heavy (non-hydrogen) atoms. The molecule has 6 nitrogen and oxygen atoms in total. The van der Waals surface area contributed by atoms with E-state index in [4.69, 9.17) is 35.4 Å². The fourth-order valence-electron chi connectivity index (χ4n) is 1.93. The molecule has 0 heterocycles. The van der Waals surface area contributed by atoms with Crippen molar-refractivity contribution in [2.24, 2.45) is 0 Å². The summed E-state index contributed by atoms with van der Waals surface area (Å²) in [6.45, 7) is 0. The van der Waals surface area contributed by atoms with Crippen molar-refractivity contribution in [3.05, 3.63) is 58.1 Å². The van der Waals surface area contributed by atoms with Crippen LogP contribution in [0.3, 0.4) is 0 Å². The lowest BCUT2D eigenvalue weighted by Gasteiger charge is -2.13. The summed E-state index contributed by atoms with van der Waals surface area (Å²) < 4.78 is 25.2. The van der Waals surface area contributed by atoms with E-state index in [0.29, 0.717) is 10.7 Å². The Labute approximate surface area is 167 Å². The minimum absolute atomic E-state index is 0.0456. The van der Waals surface area contributed by atoms with Gasteiger partial charge >= 0.3 is 0 Å². The van der Waals surface area contributed by atoms with Crippen LogP contribution in [-0.4, -0.2) is 37.8 Å². The second kappa shape index (κ2) is 8.32. The van der Waals surface area contributed by atoms with E-state index >= 15 is 0 Å². The molecule has 0 aliphatic carbocycles. The number of amides is 1. The first-order chi connectivity index (χ1) is 12.1. The monoisotopic (exact) mass is 431 g/mol. The number of rotatable bonds is 4. The number of anilines is 1. The first-order valence-electron chi connectivity index (χ1n) is 7.21. The molecule has 10 heteroatoms. The molecule has 0 aliphatic heterocycles. The van der Waals surface area contributed by atoms with Crippen molar-refractivity contribution in [1.82, 2.24) is 9.62 Å².